The third-order valence-electron chi connectivity index (χ3n) is 5.99. The molecule has 2 aromatic rings. The molecule has 0 radical (unpaired) electrons. The molecule has 2 fully saturated rings. The highest BCUT2D eigenvalue weighted by Crippen LogP contribution is 2.32. The number of nitrogens with zero attached hydrogens (tertiary/aromatic N) is 4. The van der Waals surface area contributed by atoms with Crippen LogP contribution in [0.25, 0.3) is 0 Å². The van der Waals surface area contributed by atoms with Crippen molar-refractivity contribution in [2.24, 2.45) is 5.92 Å². The van der Waals surface area contributed by atoms with E-state index in [2.05, 4.69) is 19.4 Å². The second kappa shape index (κ2) is 8.13. The monoisotopic (exact) mass is 368 g/mol. The molecule has 1 aromatic heterocycles. The van der Waals surface area contributed by atoms with E-state index in [0.29, 0.717) is 30.0 Å². The number of aromatic nitrogens is 2. The van der Waals surface area contributed by atoms with E-state index in [0.717, 1.165) is 57.5 Å². The Morgan fingerprint density at radius 1 is 1.19 bits per heavy atom. The summed E-state index contributed by atoms with van der Waals surface area (Å²) in [6, 6.07) is 7.95. The number of fused-ring (bicyclic) bond motifs is 1. The van der Waals surface area contributed by atoms with Crippen molar-refractivity contribution in [3.63, 3.8) is 0 Å². The predicted molar refractivity (Wildman–Crippen MR) is 103 cm³/mol. The van der Waals surface area contributed by atoms with Crippen LogP contribution >= 0.6 is 0 Å². The highest BCUT2D eigenvalue weighted by Gasteiger charge is 2.38. The van der Waals surface area contributed by atoms with Gasteiger partial charge in [0.25, 0.3) is 0 Å². The number of carbonyl (C=O) groups is 1. The summed E-state index contributed by atoms with van der Waals surface area (Å²) >= 11 is 0. The smallest absolute Gasteiger partial charge is 0.222 e. The van der Waals surface area contributed by atoms with E-state index in [1.165, 1.54) is 0 Å². The van der Waals surface area contributed by atoms with Gasteiger partial charge < -0.3 is 14.6 Å². The third kappa shape index (κ3) is 4.16. The number of hydrogen-bond acceptors (Lipinski definition) is 4. The van der Waals surface area contributed by atoms with Gasteiger partial charge in [0.1, 0.15) is 5.75 Å². The van der Waals surface area contributed by atoms with Crippen LogP contribution in [0, 0.1) is 5.92 Å². The molecule has 2 aliphatic heterocycles. The summed E-state index contributed by atoms with van der Waals surface area (Å²) in [7, 11) is 0. The summed E-state index contributed by atoms with van der Waals surface area (Å²) in [4.78, 5) is 21.2. The van der Waals surface area contributed by atoms with Crippen LogP contribution in [0.1, 0.15) is 31.2 Å². The van der Waals surface area contributed by atoms with Crippen molar-refractivity contribution in [3.8, 4) is 5.75 Å². The highest BCUT2D eigenvalue weighted by atomic mass is 16.3. The first-order valence-corrected chi connectivity index (χ1v) is 9.95. The number of imidazole rings is 1. The Morgan fingerprint density at radius 2 is 2.07 bits per heavy atom. The molecule has 2 atom stereocenters. The molecule has 1 N–H and O–H groups in total. The molecule has 3 heterocycles. The van der Waals surface area contributed by atoms with E-state index in [9.17, 15) is 9.90 Å². The Balaban J connectivity index is 1.34. The fourth-order valence-corrected chi connectivity index (χ4v) is 4.59. The third-order valence-corrected chi connectivity index (χ3v) is 5.99. The predicted octanol–water partition coefficient (Wildman–Crippen LogP) is 2.49. The normalized spacial score (nSPS) is 23.4. The van der Waals surface area contributed by atoms with Crippen molar-refractivity contribution in [3.05, 3.63) is 48.5 Å². The van der Waals surface area contributed by atoms with Gasteiger partial charge in [0.15, 0.2) is 0 Å². The van der Waals surface area contributed by atoms with Gasteiger partial charge in [-0.3, -0.25) is 9.69 Å². The maximum atomic E-state index is 12.5. The molecule has 0 saturated carbocycles. The highest BCUT2D eigenvalue weighted by molar-refractivity contribution is 5.77. The summed E-state index contributed by atoms with van der Waals surface area (Å²) in [6.07, 6.45) is 9.23. The maximum absolute atomic E-state index is 12.5. The van der Waals surface area contributed by atoms with Crippen LogP contribution in [0.4, 0.5) is 0 Å². The van der Waals surface area contributed by atoms with Crippen LogP contribution in [0.5, 0.6) is 5.75 Å². The summed E-state index contributed by atoms with van der Waals surface area (Å²) in [5, 5.41) is 10.0. The Bertz CT molecular complexity index is 761. The van der Waals surface area contributed by atoms with E-state index in [-0.39, 0.29) is 0 Å². The fourth-order valence-electron chi connectivity index (χ4n) is 4.59. The van der Waals surface area contributed by atoms with E-state index in [4.69, 9.17) is 0 Å². The number of carbonyl (C=O) groups excluding carboxylic acids is 1. The molecule has 0 bridgehead atoms. The van der Waals surface area contributed by atoms with Crippen LogP contribution < -0.4 is 0 Å². The van der Waals surface area contributed by atoms with Gasteiger partial charge in [0.05, 0.1) is 6.33 Å². The summed E-state index contributed by atoms with van der Waals surface area (Å²) in [5.41, 5.74) is 0.986. The molecule has 144 valence electrons. The van der Waals surface area contributed by atoms with Crippen molar-refractivity contribution in [1.29, 1.82) is 0 Å². The quantitative estimate of drug-likeness (QED) is 0.851. The SMILES string of the molecule is O=C1CC[C@@H]2CN(Cc3ccccc3O)CC[C@@H]2N1CCCn1ccnc1. The average Bonchev–Trinajstić information content (AvgIpc) is 3.19. The molecule has 0 aliphatic carbocycles. The number of rotatable bonds is 6. The molecular formula is C21H28N4O2. The fraction of sp³-hybridized carbons (Fsp3) is 0.524. The number of phenolic OH excluding ortho intramolecular Hbond substituents is 1. The lowest BCUT2D eigenvalue weighted by Crippen LogP contribution is -2.56. The molecule has 6 heteroatoms. The van der Waals surface area contributed by atoms with Crippen LogP contribution in [0.3, 0.4) is 0 Å². The largest absolute Gasteiger partial charge is 0.508 e. The number of hydrogen-bond donors (Lipinski definition) is 1. The molecular weight excluding hydrogens is 340 g/mol. The van der Waals surface area contributed by atoms with Gasteiger partial charge in [-0.2, -0.15) is 0 Å². The van der Waals surface area contributed by atoms with Gasteiger partial charge in [-0.1, -0.05) is 18.2 Å². The van der Waals surface area contributed by atoms with Crippen molar-refractivity contribution in [2.75, 3.05) is 19.6 Å². The Hall–Kier alpha value is -2.34. The van der Waals surface area contributed by atoms with Crippen LogP contribution in [0.15, 0.2) is 43.0 Å². The van der Waals surface area contributed by atoms with Crippen LogP contribution in [-0.2, 0) is 17.9 Å². The minimum atomic E-state index is 0.316. The van der Waals surface area contributed by atoms with Gasteiger partial charge in [0.2, 0.25) is 5.91 Å². The van der Waals surface area contributed by atoms with E-state index >= 15 is 0 Å². The molecule has 6 nitrogen and oxygen atoms in total. The molecule has 1 aromatic carbocycles. The second-order valence-corrected chi connectivity index (χ2v) is 7.76. The summed E-state index contributed by atoms with van der Waals surface area (Å²) in [6.45, 7) is 4.49. The number of aromatic hydroxyl groups is 1. The lowest BCUT2D eigenvalue weighted by Gasteiger charge is -2.47. The number of likely N-dealkylation sites (tertiary alicyclic amines) is 2. The standard InChI is InChI=1S/C21H28N4O2/c26-20-5-2-1-4-18(20)15-24-12-8-19-17(14-24)6-7-21(27)25(19)11-3-10-23-13-9-22-16-23/h1-2,4-5,9,13,16-17,19,26H,3,6-8,10-12,14-15H2/t17-,19+/m1/s1. The molecule has 27 heavy (non-hydrogen) atoms. The minimum absolute atomic E-state index is 0.316. The number of aryl methyl sites for hydroxylation is 1. The molecule has 4 rings (SSSR count). The van der Waals surface area contributed by atoms with E-state index in [1.54, 1.807) is 12.3 Å². The minimum Gasteiger partial charge on any atom is -0.508 e. The van der Waals surface area contributed by atoms with E-state index in [1.807, 2.05) is 30.7 Å². The van der Waals surface area contributed by atoms with Gasteiger partial charge in [-0.05, 0) is 31.2 Å². The van der Waals surface area contributed by atoms with Gasteiger partial charge in [-0.15, -0.1) is 0 Å². The van der Waals surface area contributed by atoms with Crippen molar-refractivity contribution in [2.45, 2.75) is 44.8 Å². The number of benzene rings is 1. The van der Waals surface area contributed by atoms with Crippen LogP contribution in [0.2, 0.25) is 0 Å². The zero-order chi connectivity index (χ0) is 18.6. The first-order valence-electron chi connectivity index (χ1n) is 9.95. The first kappa shape index (κ1) is 18.0. The zero-order valence-corrected chi connectivity index (χ0v) is 15.7. The summed E-state index contributed by atoms with van der Waals surface area (Å²) in [5.74, 6) is 1.23. The number of amides is 1. The van der Waals surface area contributed by atoms with Crippen molar-refractivity contribution >= 4 is 5.91 Å². The van der Waals surface area contributed by atoms with Gasteiger partial charge in [-0.25, -0.2) is 4.98 Å². The number of para-hydroxylation sites is 1. The first-order chi connectivity index (χ1) is 13.2. The lowest BCUT2D eigenvalue weighted by atomic mass is 9.83. The molecule has 0 spiro atoms. The zero-order valence-electron chi connectivity index (χ0n) is 15.7. The van der Waals surface area contributed by atoms with E-state index < -0.39 is 0 Å². The molecule has 0 unspecified atom stereocenters. The molecule has 2 aliphatic rings. The van der Waals surface area contributed by atoms with Crippen molar-refractivity contribution < 1.29 is 9.90 Å². The Kier molecular flexibility index (Phi) is 5.43. The summed E-state index contributed by atoms with van der Waals surface area (Å²) < 4.78 is 2.07. The van der Waals surface area contributed by atoms with Crippen LogP contribution in [-0.4, -0.2) is 56.0 Å². The maximum Gasteiger partial charge on any atom is 0.222 e. The number of phenols is 1. The average molecular weight is 368 g/mol. The Labute approximate surface area is 160 Å². The Morgan fingerprint density at radius 3 is 2.89 bits per heavy atom. The van der Waals surface area contributed by atoms with Gasteiger partial charge in [0, 0.05) is 63.1 Å². The van der Waals surface area contributed by atoms with Crippen molar-refractivity contribution in [1.82, 2.24) is 19.4 Å². The van der Waals surface area contributed by atoms with Gasteiger partial charge >= 0.3 is 0 Å². The number of piperidine rings is 2. The molecule has 1 amide bonds. The molecule has 2 saturated heterocycles. The topological polar surface area (TPSA) is 61.6 Å². The second-order valence-electron chi connectivity index (χ2n) is 7.76. The lowest BCUT2D eigenvalue weighted by molar-refractivity contribution is -0.141.